The monoisotopic (exact) mass is 599 g/mol. The van der Waals surface area contributed by atoms with Gasteiger partial charge in [0, 0.05) is 23.7 Å². The summed E-state index contributed by atoms with van der Waals surface area (Å²) in [6.45, 7) is 4.61. The number of hydrogen-bond acceptors (Lipinski definition) is 11. The smallest absolute Gasteiger partial charge is 0.270 e. The molecule has 224 valence electrons. The van der Waals surface area contributed by atoms with Crippen LogP contribution in [-0.2, 0) is 19.5 Å². The normalized spacial score (nSPS) is 18.5. The highest BCUT2D eigenvalue weighted by Gasteiger charge is 2.34. The van der Waals surface area contributed by atoms with Crippen LogP contribution >= 0.6 is 0 Å². The van der Waals surface area contributed by atoms with Crippen molar-refractivity contribution in [2.75, 3.05) is 44.6 Å². The maximum atomic E-state index is 13.8. The molecule has 2 aromatic carbocycles. The highest BCUT2D eigenvalue weighted by molar-refractivity contribution is 7.93. The molecule has 1 atom stereocenters. The second-order valence-electron chi connectivity index (χ2n) is 10.9. The molecule has 14 heteroatoms. The van der Waals surface area contributed by atoms with Crippen LogP contribution in [0.3, 0.4) is 0 Å². The van der Waals surface area contributed by atoms with Crippen molar-refractivity contribution in [2.24, 2.45) is 0 Å². The Hall–Kier alpha value is -4.01. The van der Waals surface area contributed by atoms with Crippen molar-refractivity contribution in [1.82, 2.24) is 15.4 Å². The average Bonchev–Trinajstić information content (AvgIpc) is 3.60. The van der Waals surface area contributed by atoms with Gasteiger partial charge < -0.3 is 33.5 Å². The maximum absolute atomic E-state index is 13.8. The molecule has 1 aliphatic heterocycles. The number of nitrogens with one attached hydrogen (secondary N) is 3. The SMILES string of the molecule is COc1cc2c(NS(=O)(=O)c3c(OC)cc(C4COCC(C)(C)O4)cc3OC)noc2cc1Nc1cc(C2CC2)[nH]n1. The van der Waals surface area contributed by atoms with Gasteiger partial charge >= 0.3 is 0 Å². The van der Waals surface area contributed by atoms with Crippen molar-refractivity contribution in [1.29, 1.82) is 0 Å². The number of aromatic amines is 1. The fourth-order valence-corrected chi connectivity index (χ4v) is 6.32. The molecule has 0 spiro atoms. The predicted molar refractivity (Wildman–Crippen MR) is 153 cm³/mol. The first kappa shape index (κ1) is 28.1. The molecule has 2 aromatic heterocycles. The average molecular weight is 600 g/mol. The van der Waals surface area contributed by atoms with E-state index in [-0.39, 0.29) is 22.2 Å². The Morgan fingerprint density at radius 1 is 1.00 bits per heavy atom. The van der Waals surface area contributed by atoms with Gasteiger partial charge in [0.25, 0.3) is 10.0 Å². The zero-order valence-corrected chi connectivity index (χ0v) is 24.8. The van der Waals surface area contributed by atoms with E-state index in [4.69, 9.17) is 28.2 Å². The van der Waals surface area contributed by atoms with E-state index in [1.165, 1.54) is 21.3 Å². The molecule has 13 nitrogen and oxygen atoms in total. The minimum absolute atomic E-state index is 0.0235. The minimum Gasteiger partial charge on any atom is -0.495 e. The zero-order chi connectivity index (χ0) is 29.6. The van der Waals surface area contributed by atoms with Crippen LogP contribution in [0.5, 0.6) is 17.2 Å². The van der Waals surface area contributed by atoms with E-state index in [0.717, 1.165) is 18.5 Å². The number of nitrogens with zero attached hydrogens (tertiary/aromatic N) is 2. The Bertz CT molecular complexity index is 1700. The van der Waals surface area contributed by atoms with Gasteiger partial charge in [-0.1, -0.05) is 5.16 Å². The molecule has 6 rings (SSSR count). The van der Waals surface area contributed by atoms with Crippen LogP contribution in [0.25, 0.3) is 11.0 Å². The maximum Gasteiger partial charge on any atom is 0.270 e. The molecule has 1 aliphatic carbocycles. The van der Waals surface area contributed by atoms with Crippen molar-refractivity contribution >= 4 is 38.3 Å². The van der Waals surface area contributed by atoms with Crippen LogP contribution in [-0.4, -0.2) is 63.9 Å². The number of anilines is 3. The summed E-state index contributed by atoms with van der Waals surface area (Å²) in [6, 6.07) is 8.49. The third-order valence-electron chi connectivity index (χ3n) is 7.20. The summed E-state index contributed by atoms with van der Waals surface area (Å²) in [4.78, 5) is -0.196. The highest BCUT2D eigenvalue weighted by atomic mass is 32.2. The zero-order valence-electron chi connectivity index (χ0n) is 23.9. The molecule has 4 aromatic rings. The summed E-state index contributed by atoms with van der Waals surface area (Å²) >= 11 is 0. The number of hydrogen-bond donors (Lipinski definition) is 3. The largest absolute Gasteiger partial charge is 0.495 e. The Morgan fingerprint density at radius 2 is 1.71 bits per heavy atom. The Balaban J connectivity index is 1.31. The van der Waals surface area contributed by atoms with Crippen LogP contribution < -0.4 is 24.2 Å². The molecule has 0 radical (unpaired) electrons. The second-order valence-corrected chi connectivity index (χ2v) is 12.5. The third kappa shape index (κ3) is 5.44. The summed E-state index contributed by atoms with van der Waals surface area (Å²) in [5, 5.41) is 15.0. The molecular weight excluding hydrogens is 566 g/mol. The quantitative estimate of drug-likeness (QED) is 0.228. The topological polar surface area (TPSA) is 159 Å². The van der Waals surface area contributed by atoms with Gasteiger partial charge in [-0.05, 0) is 50.5 Å². The van der Waals surface area contributed by atoms with Crippen LogP contribution in [0, 0.1) is 0 Å². The molecule has 3 heterocycles. The number of methoxy groups -OCH3 is 3. The minimum atomic E-state index is -4.27. The van der Waals surface area contributed by atoms with E-state index in [9.17, 15) is 8.42 Å². The van der Waals surface area contributed by atoms with Crippen molar-refractivity contribution < 1.29 is 36.6 Å². The lowest BCUT2D eigenvalue weighted by atomic mass is 10.0. The van der Waals surface area contributed by atoms with Crippen LogP contribution in [0.4, 0.5) is 17.3 Å². The van der Waals surface area contributed by atoms with Gasteiger partial charge in [-0.25, -0.2) is 8.42 Å². The van der Waals surface area contributed by atoms with Crippen LogP contribution in [0.15, 0.2) is 39.8 Å². The summed E-state index contributed by atoms with van der Waals surface area (Å²) < 4.78 is 64.0. The fourth-order valence-electron chi connectivity index (χ4n) is 5.01. The van der Waals surface area contributed by atoms with E-state index in [2.05, 4.69) is 25.4 Å². The van der Waals surface area contributed by atoms with Gasteiger partial charge in [0.05, 0.1) is 51.2 Å². The van der Waals surface area contributed by atoms with Crippen LogP contribution in [0.1, 0.15) is 50.0 Å². The molecule has 1 saturated carbocycles. The molecule has 3 N–H and O–H groups in total. The predicted octanol–water partition coefficient (Wildman–Crippen LogP) is 4.87. The van der Waals surface area contributed by atoms with Crippen molar-refractivity contribution in [3.8, 4) is 17.2 Å². The first-order valence-corrected chi connectivity index (χ1v) is 14.9. The van der Waals surface area contributed by atoms with E-state index < -0.39 is 21.7 Å². The lowest BCUT2D eigenvalue weighted by Crippen LogP contribution is -2.39. The van der Waals surface area contributed by atoms with E-state index in [0.29, 0.717) is 52.9 Å². The fraction of sp³-hybridized carbons (Fsp3) is 0.429. The number of fused-ring (bicyclic) bond motifs is 1. The summed E-state index contributed by atoms with van der Waals surface area (Å²) in [7, 11) is 0.0168. The number of rotatable bonds is 10. The number of H-pyrrole nitrogens is 1. The number of ether oxygens (including phenoxy) is 5. The molecule has 1 saturated heterocycles. The van der Waals surface area contributed by atoms with Crippen molar-refractivity contribution in [3.63, 3.8) is 0 Å². The molecule has 2 aliphatic rings. The molecule has 0 amide bonds. The van der Waals surface area contributed by atoms with Gasteiger partial charge in [0.15, 0.2) is 22.1 Å². The van der Waals surface area contributed by atoms with Gasteiger partial charge in [0.1, 0.15) is 23.4 Å². The van der Waals surface area contributed by atoms with Gasteiger partial charge in [-0.15, -0.1) is 0 Å². The number of benzene rings is 2. The molecule has 2 fully saturated rings. The molecule has 1 unspecified atom stereocenters. The van der Waals surface area contributed by atoms with Crippen molar-refractivity contribution in [2.45, 2.75) is 49.2 Å². The van der Waals surface area contributed by atoms with Gasteiger partial charge in [0.2, 0.25) is 0 Å². The first-order chi connectivity index (χ1) is 20.1. The summed E-state index contributed by atoms with van der Waals surface area (Å²) in [6.07, 6.45) is 1.87. The highest BCUT2D eigenvalue weighted by Crippen LogP contribution is 2.42. The van der Waals surface area contributed by atoms with Gasteiger partial charge in [-0.3, -0.25) is 9.82 Å². The third-order valence-corrected chi connectivity index (χ3v) is 8.61. The van der Waals surface area contributed by atoms with Crippen molar-refractivity contribution in [3.05, 3.63) is 41.6 Å². The standard InChI is InChI=1S/C28H33N5O8S/c1-28(2)14-39-13-24(40-28)16-8-22(37-4)26(23(9-16)38-5)42(34,35)33-27-17-10-21(36-3)19(11-20(17)41-32-27)29-25-12-18(30-31-25)15-6-7-15/h8-12,15,24H,6-7,13-14H2,1-5H3,(H,32,33)(H2,29,30,31). The molecule has 42 heavy (non-hydrogen) atoms. The first-order valence-electron chi connectivity index (χ1n) is 13.4. The Kier molecular flexibility index (Phi) is 7.15. The lowest BCUT2D eigenvalue weighted by molar-refractivity contribution is -0.184. The van der Waals surface area contributed by atoms with E-state index in [1.807, 2.05) is 19.9 Å². The Labute approximate surface area is 242 Å². The van der Waals surface area contributed by atoms with Gasteiger partial charge in [-0.2, -0.15) is 5.10 Å². The number of sulfonamides is 1. The van der Waals surface area contributed by atoms with E-state index in [1.54, 1.807) is 24.3 Å². The molecular formula is C28H33N5O8S. The Morgan fingerprint density at radius 3 is 2.36 bits per heavy atom. The number of aromatic nitrogens is 3. The van der Waals surface area contributed by atoms with E-state index >= 15 is 0 Å². The summed E-state index contributed by atoms with van der Waals surface area (Å²) in [5.41, 5.74) is 2.16. The summed E-state index contributed by atoms with van der Waals surface area (Å²) in [5.74, 6) is 1.73. The lowest BCUT2D eigenvalue weighted by Gasteiger charge is -2.36. The second kappa shape index (κ2) is 10.7. The van der Waals surface area contributed by atoms with Crippen LogP contribution in [0.2, 0.25) is 0 Å². The molecule has 0 bridgehead atoms.